The molecule has 0 fully saturated rings. The first kappa shape index (κ1) is 22.6. The Morgan fingerprint density at radius 2 is 1.82 bits per heavy atom. The van der Waals surface area contributed by atoms with Crippen molar-refractivity contribution >= 4 is 0 Å². The molecule has 2 aromatic carbocycles. The van der Waals surface area contributed by atoms with Gasteiger partial charge in [-0.1, -0.05) is 18.2 Å². The van der Waals surface area contributed by atoms with Crippen molar-refractivity contribution in [1.82, 2.24) is 24.5 Å². The maximum Gasteiger partial charge on any atom is 0.416 e. The van der Waals surface area contributed by atoms with Crippen LogP contribution in [0.1, 0.15) is 24.1 Å². The Labute approximate surface area is 184 Å². The Morgan fingerprint density at radius 1 is 1.03 bits per heavy atom. The Bertz CT molecular complexity index is 1250. The van der Waals surface area contributed by atoms with E-state index in [-0.39, 0.29) is 17.7 Å². The van der Waals surface area contributed by atoms with E-state index in [1.165, 1.54) is 46.5 Å². The zero-order valence-electron chi connectivity index (χ0n) is 17.2. The van der Waals surface area contributed by atoms with Crippen molar-refractivity contribution in [3.05, 3.63) is 90.3 Å². The fourth-order valence-corrected chi connectivity index (χ4v) is 3.64. The molecule has 0 bridgehead atoms. The van der Waals surface area contributed by atoms with Crippen LogP contribution >= 0.6 is 0 Å². The molecule has 0 radical (unpaired) electrons. The summed E-state index contributed by atoms with van der Waals surface area (Å²) in [5.41, 5.74) is -2.31. The van der Waals surface area contributed by atoms with Crippen LogP contribution in [0.15, 0.2) is 67.5 Å². The van der Waals surface area contributed by atoms with Gasteiger partial charge in [0.1, 0.15) is 29.9 Å². The van der Waals surface area contributed by atoms with E-state index in [2.05, 4.69) is 15.2 Å². The van der Waals surface area contributed by atoms with E-state index in [1.807, 2.05) is 0 Å². The molecule has 6 nitrogen and oxygen atoms in total. The predicted molar refractivity (Wildman–Crippen MR) is 108 cm³/mol. The fourth-order valence-electron chi connectivity index (χ4n) is 3.64. The predicted octanol–water partition coefficient (Wildman–Crippen LogP) is 4.59. The van der Waals surface area contributed by atoms with Crippen LogP contribution in [0.2, 0.25) is 0 Å². The molecule has 4 rings (SSSR count). The highest BCUT2D eigenvalue weighted by Gasteiger charge is 2.41. The van der Waals surface area contributed by atoms with E-state index in [0.29, 0.717) is 11.6 Å². The molecule has 0 saturated carbocycles. The summed E-state index contributed by atoms with van der Waals surface area (Å²) in [7, 11) is 0. The first-order valence-electron chi connectivity index (χ1n) is 9.80. The van der Waals surface area contributed by atoms with Crippen LogP contribution in [0.25, 0.3) is 11.1 Å². The van der Waals surface area contributed by atoms with Gasteiger partial charge < -0.3 is 5.11 Å². The number of halogens is 5. The molecule has 0 saturated heterocycles. The third-order valence-electron chi connectivity index (χ3n) is 5.48. The van der Waals surface area contributed by atoms with E-state index < -0.39 is 35.0 Å². The van der Waals surface area contributed by atoms with E-state index >= 15 is 0 Å². The average Bonchev–Trinajstić information content (AvgIpc) is 3.44. The molecule has 1 N–H and O–H groups in total. The van der Waals surface area contributed by atoms with Crippen LogP contribution in [0, 0.1) is 11.6 Å². The Balaban J connectivity index is 1.73. The van der Waals surface area contributed by atoms with Crippen molar-refractivity contribution in [1.29, 1.82) is 0 Å². The number of hydrogen-bond donors (Lipinski definition) is 1. The highest BCUT2D eigenvalue weighted by molar-refractivity contribution is 5.62. The van der Waals surface area contributed by atoms with Crippen LogP contribution < -0.4 is 0 Å². The van der Waals surface area contributed by atoms with Crippen molar-refractivity contribution < 1.29 is 27.1 Å². The van der Waals surface area contributed by atoms with Crippen molar-refractivity contribution in [2.75, 3.05) is 0 Å². The van der Waals surface area contributed by atoms with Crippen molar-refractivity contribution in [3.8, 4) is 11.1 Å². The van der Waals surface area contributed by atoms with Gasteiger partial charge in [0, 0.05) is 23.4 Å². The summed E-state index contributed by atoms with van der Waals surface area (Å²) in [6.07, 6.45) is 0.871. The van der Waals surface area contributed by atoms with E-state index in [1.54, 1.807) is 6.92 Å². The molecule has 0 aliphatic rings. The topological polar surface area (TPSA) is 68.8 Å². The van der Waals surface area contributed by atoms with Gasteiger partial charge in [0.15, 0.2) is 0 Å². The number of aromatic nitrogens is 5. The van der Waals surface area contributed by atoms with Gasteiger partial charge in [0.05, 0.1) is 24.3 Å². The lowest BCUT2D eigenvalue weighted by molar-refractivity contribution is -0.137. The molecule has 0 unspecified atom stereocenters. The first-order valence-corrected chi connectivity index (χ1v) is 9.80. The van der Waals surface area contributed by atoms with Crippen LogP contribution in [0.3, 0.4) is 0 Å². The minimum atomic E-state index is -4.50. The quantitative estimate of drug-likeness (QED) is 0.425. The second-order valence-electron chi connectivity index (χ2n) is 7.61. The third kappa shape index (κ3) is 4.49. The zero-order chi connectivity index (χ0) is 23.8. The minimum Gasteiger partial charge on any atom is -0.381 e. The van der Waals surface area contributed by atoms with Gasteiger partial charge in [0.2, 0.25) is 0 Å². The number of benzene rings is 2. The van der Waals surface area contributed by atoms with Gasteiger partial charge in [-0.25, -0.2) is 18.4 Å². The Morgan fingerprint density at radius 3 is 2.48 bits per heavy atom. The van der Waals surface area contributed by atoms with Crippen molar-refractivity contribution in [2.45, 2.75) is 31.3 Å². The second kappa shape index (κ2) is 8.39. The van der Waals surface area contributed by atoms with Gasteiger partial charge in [-0.15, -0.1) is 0 Å². The minimum absolute atomic E-state index is 0.192. The SMILES string of the molecule is C[C@@H](n1cc(-c2cccc(C(F)(F)F)c2)cn1)[C@](O)(Cn1cncn1)c1ccc(F)cc1F. The molecule has 0 amide bonds. The first-order chi connectivity index (χ1) is 15.6. The largest absolute Gasteiger partial charge is 0.416 e. The van der Waals surface area contributed by atoms with E-state index in [0.717, 1.165) is 24.3 Å². The molecule has 0 aliphatic carbocycles. The van der Waals surface area contributed by atoms with Crippen LogP contribution in [0.5, 0.6) is 0 Å². The lowest BCUT2D eigenvalue weighted by Crippen LogP contribution is -2.40. The number of rotatable bonds is 6. The van der Waals surface area contributed by atoms with Gasteiger partial charge in [0.25, 0.3) is 0 Å². The Hall–Kier alpha value is -3.60. The molecule has 33 heavy (non-hydrogen) atoms. The maximum atomic E-state index is 14.7. The molecule has 2 aromatic heterocycles. The highest BCUT2D eigenvalue weighted by Crippen LogP contribution is 2.37. The van der Waals surface area contributed by atoms with Crippen LogP contribution in [-0.4, -0.2) is 29.7 Å². The highest BCUT2D eigenvalue weighted by atomic mass is 19.4. The molecule has 0 aliphatic heterocycles. The van der Waals surface area contributed by atoms with Gasteiger partial charge in [-0.05, 0) is 30.7 Å². The molecule has 11 heteroatoms. The molecule has 4 aromatic rings. The lowest BCUT2D eigenvalue weighted by Gasteiger charge is -2.34. The molecular weight excluding hydrogens is 445 g/mol. The normalized spacial score (nSPS) is 14.8. The Kier molecular flexibility index (Phi) is 5.75. The number of aliphatic hydroxyl groups is 1. The van der Waals surface area contributed by atoms with Gasteiger partial charge >= 0.3 is 6.18 Å². The molecule has 0 spiro atoms. The number of hydrogen-bond acceptors (Lipinski definition) is 4. The summed E-state index contributed by atoms with van der Waals surface area (Å²) >= 11 is 0. The third-order valence-corrected chi connectivity index (χ3v) is 5.48. The number of alkyl halides is 3. The monoisotopic (exact) mass is 463 g/mol. The van der Waals surface area contributed by atoms with E-state index in [4.69, 9.17) is 0 Å². The zero-order valence-corrected chi connectivity index (χ0v) is 17.2. The van der Waals surface area contributed by atoms with Gasteiger partial charge in [-0.3, -0.25) is 4.68 Å². The summed E-state index contributed by atoms with van der Waals surface area (Å²) in [5.74, 6) is -1.77. The molecule has 2 heterocycles. The summed E-state index contributed by atoms with van der Waals surface area (Å²) in [4.78, 5) is 3.81. The fraction of sp³-hybridized carbons (Fsp3) is 0.227. The summed E-state index contributed by atoms with van der Waals surface area (Å²) in [6, 6.07) is 6.63. The maximum absolute atomic E-state index is 14.7. The van der Waals surface area contributed by atoms with Crippen LogP contribution in [0.4, 0.5) is 22.0 Å². The molecular formula is C22H18F5N5O. The smallest absolute Gasteiger partial charge is 0.381 e. The van der Waals surface area contributed by atoms with Gasteiger partial charge in [-0.2, -0.15) is 23.4 Å². The number of nitrogens with zero attached hydrogens (tertiary/aromatic N) is 5. The second-order valence-corrected chi connectivity index (χ2v) is 7.61. The molecule has 172 valence electrons. The van der Waals surface area contributed by atoms with Crippen molar-refractivity contribution in [3.63, 3.8) is 0 Å². The van der Waals surface area contributed by atoms with Crippen molar-refractivity contribution in [2.24, 2.45) is 0 Å². The standard InChI is InChI=1S/C22H18F5N5O/c1-14(32-10-16(9-29-32)15-3-2-4-17(7-15)22(25,26)27)21(33,11-31-13-28-12-30-31)19-6-5-18(23)8-20(19)24/h2-10,12-14,33H,11H2,1H3/t14-,21-/m1/s1. The van der Waals surface area contributed by atoms with Crippen LogP contribution in [-0.2, 0) is 18.3 Å². The average molecular weight is 463 g/mol. The lowest BCUT2D eigenvalue weighted by atomic mass is 9.86. The summed E-state index contributed by atoms with van der Waals surface area (Å²) in [6.45, 7) is 1.32. The summed E-state index contributed by atoms with van der Waals surface area (Å²) in [5, 5.41) is 19.8. The summed E-state index contributed by atoms with van der Waals surface area (Å²) < 4.78 is 70.0. The van der Waals surface area contributed by atoms with E-state index in [9.17, 15) is 27.1 Å². The molecule has 2 atom stereocenters.